The van der Waals surface area contributed by atoms with Crippen molar-refractivity contribution in [2.24, 2.45) is 0 Å². The number of aromatic hydroxyl groups is 1. The van der Waals surface area contributed by atoms with E-state index in [0.29, 0.717) is 0 Å². The minimum absolute atomic E-state index is 0.280. The van der Waals surface area contributed by atoms with Gasteiger partial charge in [0.25, 0.3) is 0 Å². The molecule has 2 nitrogen and oxygen atoms in total. The molecule has 0 spiro atoms. The van der Waals surface area contributed by atoms with Crippen LogP contribution >= 0.6 is 31.9 Å². The van der Waals surface area contributed by atoms with Crippen molar-refractivity contribution in [2.75, 3.05) is 6.54 Å². The van der Waals surface area contributed by atoms with Crippen LogP contribution in [-0.2, 0) is 6.54 Å². The molecule has 0 bridgehead atoms. The Morgan fingerprint density at radius 2 is 2.00 bits per heavy atom. The first-order valence-electron chi connectivity index (χ1n) is 6.02. The van der Waals surface area contributed by atoms with Gasteiger partial charge in [0.2, 0.25) is 0 Å². The van der Waals surface area contributed by atoms with Crippen molar-refractivity contribution in [1.82, 2.24) is 4.90 Å². The third kappa shape index (κ3) is 3.04. The molecule has 0 aliphatic carbocycles. The summed E-state index contributed by atoms with van der Waals surface area (Å²) in [7, 11) is 0. The van der Waals surface area contributed by atoms with Gasteiger partial charge in [0.05, 0.1) is 8.95 Å². The van der Waals surface area contributed by atoms with Gasteiger partial charge in [-0.25, -0.2) is 0 Å². The van der Waals surface area contributed by atoms with Gasteiger partial charge in [-0.2, -0.15) is 0 Å². The lowest BCUT2D eigenvalue weighted by Gasteiger charge is -2.23. The number of phenols is 1. The largest absolute Gasteiger partial charge is 0.506 e. The lowest BCUT2D eigenvalue weighted by Crippen LogP contribution is -2.28. The van der Waals surface area contributed by atoms with Crippen molar-refractivity contribution in [1.29, 1.82) is 0 Å². The van der Waals surface area contributed by atoms with E-state index in [1.54, 1.807) is 0 Å². The quantitative estimate of drug-likeness (QED) is 0.866. The molecule has 94 valence electrons. The molecule has 0 aromatic heterocycles. The third-order valence-electron chi connectivity index (χ3n) is 3.43. The van der Waals surface area contributed by atoms with E-state index in [1.165, 1.54) is 31.4 Å². The first kappa shape index (κ1) is 13.4. The number of likely N-dealkylation sites (tertiary alicyclic amines) is 1. The summed E-state index contributed by atoms with van der Waals surface area (Å²) >= 11 is 6.76. The van der Waals surface area contributed by atoms with Crippen LogP contribution in [0.4, 0.5) is 0 Å². The highest BCUT2D eigenvalue weighted by molar-refractivity contribution is 9.11. The zero-order valence-electron chi connectivity index (χ0n) is 9.92. The normalized spacial score (nSPS) is 21.0. The van der Waals surface area contributed by atoms with Crippen molar-refractivity contribution in [3.8, 4) is 5.75 Å². The molecule has 0 radical (unpaired) electrons. The Bertz CT molecular complexity index is 385. The molecule has 2 rings (SSSR count). The zero-order valence-corrected chi connectivity index (χ0v) is 13.1. The molecule has 1 atom stereocenters. The summed E-state index contributed by atoms with van der Waals surface area (Å²) in [6.45, 7) is 4.41. The van der Waals surface area contributed by atoms with Gasteiger partial charge in [0.15, 0.2) is 0 Å². The lowest BCUT2D eigenvalue weighted by atomic mass is 10.1. The minimum atomic E-state index is 0.280. The maximum absolute atomic E-state index is 9.68. The monoisotopic (exact) mass is 361 g/mol. The molecule has 1 aromatic carbocycles. The van der Waals surface area contributed by atoms with Crippen molar-refractivity contribution in [3.05, 3.63) is 26.6 Å². The van der Waals surface area contributed by atoms with Crippen LogP contribution in [0, 0.1) is 0 Å². The molecule has 4 heteroatoms. The molecule has 1 aliphatic heterocycles. The van der Waals surface area contributed by atoms with Crippen LogP contribution in [0.25, 0.3) is 0 Å². The van der Waals surface area contributed by atoms with Gasteiger partial charge < -0.3 is 5.11 Å². The van der Waals surface area contributed by atoms with Crippen molar-refractivity contribution >= 4 is 31.9 Å². The number of rotatable bonds is 3. The molecule has 17 heavy (non-hydrogen) atoms. The van der Waals surface area contributed by atoms with Crippen LogP contribution in [0.3, 0.4) is 0 Å². The molecule has 1 aromatic rings. The number of phenolic OH excluding ortho intramolecular Hbond substituents is 1. The molecule has 0 saturated carbocycles. The van der Waals surface area contributed by atoms with Gasteiger partial charge >= 0.3 is 0 Å². The van der Waals surface area contributed by atoms with Crippen LogP contribution in [-0.4, -0.2) is 22.6 Å². The second kappa shape index (κ2) is 5.72. The first-order valence-corrected chi connectivity index (χ1v) is 7.61. The van der Waals surface area contributed by atoms with Crippen LogP contribution in [0.5, 0.6) is 5.75 Å². The Morgan fingerprint density at radius 1 is 1.35 bits per heavy atom. The Kier molecular flexibility index (Phi) is 4.50. The van der Waals surface area contributed by atoms with E-state index in [1.807, 2.05) is 12.1 Å². The van der Waals surface area contributed by atoms with E-state index in [9.17, 15) is 5.11 Å². The van der Waals surface area contributed by atoms with Crippen LogP contribution in [0.15, 0.2) is 21.1 Å². The Hall–Kier alpha value is -0.0600. The number of hydrogen-bond donors (Lipinski definition) is 1. The number of benzene rings is 1. The highest BCUT2D eigenvalue weighted by atomic mass is 79.9. The Morgan fingerprint density at radius 3 is 2.59 bits per heavy atom. The van der Waals surface area contributed by atoms with Gasteiger partial charge in [0.1, 0.15) is 5.75 Å². The molecule has 1 heterocycles. The van der Waals surface area contributed by atoms with Crippen molar-refractivity contribution in [2.45, 2.75) is 38.8 Å². The summed E-state index contributed by atoms with van der Waals surface area (Å²) in [6, 6.07) is 4.73. The summed E-state index contributed by atoms with van der Waals surface area (Å²) in [5, 5.41) is 9.68. The van der Waals surface area contributed by atoms with Gasteiger partial charge in [-0.05, 0) is 75.4 Å². The maximum atomic E-state index is 9.68. The SMILES string of the molecule is CCC1CCCN1Cc1cc(Br)c(O)c(Br)c1. The van der Waals surface area contributed by atoms with E-state index in [2.05, 4.69) is 43.7 Å². The molecule has 1 unspecified atom stereocenters. The van der Waals surface area contributed by atoms with E-state index < -0.39 is 0 Å². The van der Waals surface area contributed by atoms with E-state index in [-0.39, 0.29) is 5.75 Å². The van der Waals surface area contributed by atoms with Crippen molar-refractivity contribution < 1.29 is 5.11 Å². The number of halogens is 2. The van der Waals surface area contributed by atoms with Crippen LogP contribution in [0.1, 0.15) is 31.7 Å². The zero-order chi connectivity index (χ0) is 12.4. The topological polar surface area (TPSA) is 23.5 Å². The average Bonchev–Trinajstić information content (AvgIpc) is 2.73. The summed E-state index contributed by atoms with van der Waals surface area (Å²) in [6.07, 6.45) is 3.84. The van der Waals surface area contributed by atoms with Crippen molar-refractivity contribution in [3.63, 3.8) is 0 Å². The molecule has 1 saturated heterocycles. The number of nitrogens with zero attached hydrogens (tertiary/aromatic N) is 1. The van der Waals surface area contributed by atoms with Crippen LogP contribution < -0.4 is 0 Å². The first-order chi connectivity index (χ1) is 8.11. The molecular weight excluding hydrogens is 346 g/mol. The summed E-state index contributed by atoms with van der Waals surface area (Å²) in [5.41, 5.74) is 1.24. The fourth-order valence-corrected chi connectivity index (χ4v) is 3.79. The summed E-state index contributed by atoms with van der Waals surface area (Å²) in [5.74, 6) is 0.280. The lowest BCUT2D eigenvalue weighted by molar-refractivity contribution is 0.240. The maximum Gasteiger partial charge on any atom is 0.143 e. The Labute approximate surface area is 119 Å². The van der Waals surface area contributed by atoms with Gasteiger partial charge in [0, 0.05) is 12.6 Å². The summed E-state index contributed by atoms with van der Waals surface area (Å²) < 4.78 is 1.52. The van der Waals surface area contributed by atoms with E-state index in [4.69, 9.17) is 0 Å². The fourth-order valence-electron chi connectivity index (χ4n) is 2.51. The van der Waals surface area contributed by atoms with E-state index in [0.717, 1.165) is 21.5 Å². The van der Waals surface area contributed by atoms with Gasteiger partial charge in [-0.3, -0.25) is 4.90 Å². The second-order valence-corrected chi connectivity index (χ2v) is 6.29. The van der Waals surface area contributed by atoms with Crippen LogP contribution in [0.2, 0.25) is 0 Å². The second-order valence-electron chi connectivity index (χ2n) is 4.58. The highest BCUT2D eigenvalue weighted by Crippen LogP contribution is 2.34. The standard InChI is InChI=1S/C13H17Br2NO/c1-2-10-4-3-5-16(10)8-9-6-11(14)13(17)12(15)7-9/h6-7,10,17H,2-5,8H2,1H3. The molecule has 0 amide bonds. The number of hydrogen-bond acceptors (Lipinski definition) is 2. The molecule has 1 fully saturated rings. The predicted octanol–water partition coefficient (Wildman–Crippen LogP) is 4.29. The summed E-state index contributed by atoms with van der Waals surface area (Å²) in [4.78, 5) is 2.53. The van der Waals surface area contributed by atoms with E-state index >= 15 is 0 Å². The molecule has 1 N–H and O–H groups in total. The molecular formula is C13H17Br2NO. The highest BCUT2D eigenvalue weighted by Gasteiger charge is 2.22. The predicted molar refractivity (Wildman–Crippen MR) is 77.2 cm³/mol. The Balaban J connectivity index is 2.13. The molecule has 1 aliphatic rings. The van der Waals surface area contributed by atoms with Gasteiger partial charge in [-0.1, -0.05) is 6.92 Å². The van der Waals surface area contributed by atoms with Gasteiger partial charge in [-0.15, -0.1) is 0 Å². The average molecular weight is 363 g/mol. The smallest absolute Gasteiger partial charge is 0.143 e. The minimum Gasteiger partial charge on any atom is -0.506 e. The fraction of sp³-hybridized carbons (Fsp3) is 0.538. The third-order valence-corrected chi connectivity index (χ3v) is 4.64.